The van der Waals surface area contributed by atoms with Gasteiger partial charge in [0.15, 0.2) is 0 Å². The summed E-state index contributed by atoms with van der Waals surface area (Å²) < 4.78 is 5.99. The summed E-state index contributed by atoms with van der Waals surface area (Å²) in [7, 11) is 3.98. The molecule has 3 rings (SSSR count). The van der Waals surface area contributed by atoms with Gasteiger partial charge in [0.25, 0.3) is 0 Å². The van der Waals surface area contributed by atoms with E-state index in [0.717, 1.165) is 31.0 Å². The third kappa shape index (κ3) is 8.23. The van der Waals surface area contributed by atoms with E-state index in [1.54, 1.807) is 0 Å². The Hall–Kier alpha value is -3.56. The smallest absolute Gasteiger partial charge is 0.119 e. The Balaban J connectivity index is 1.74. The molecule has 0 unspecified atom stereocenters. The van der Waals surface area contributed by atoms with Gasteiger partial charge in [-0.25, -0.2) is 0 Å². The minimum atomic E-state index is 0.527. The molecule has 0 saturated heterocycles. The molecule has 0 fully saturated rings. The van der Waals surface area contributed by atoms with E-state index in [1.807, 2.05) is 25.1 Å². The van der Waals surface area contributed by atoms with E-state index >= 15 is 0 Å². The van der Waals surface area contributed by atoms with Crippen LogP contribution >= 0.6 is 0 Å². The maximum Gasteiger partial charge on any atom is 0.119 e. The molecular formula is C34H42N2O. The van der Waals surface area contributed by atoms with Crippen LogP contribution in [0.1, 0.15) is 55.4 Å². The monoisotopic (exact) mass is 494 g/mol. The maximum atomic E-state index is 5.99. The molecule has 0 heterocycles. The standard InChI is InChI=1S/C34H42N2O/c1-7-33(29-17-15-28(16-18-29)26(2)3)34(30-13-9-8-10-14-30)31-19-21-32(22-20-31)37-25-24-35-23-11-12-27(4)36(5)6/h8-22,26,35H,4,7,23-25H2,1-3,5-6H3/b12-11+,34-33-. The minimum Gasteiger partial charge on any atom is -0.492 e. The Morgan fingerprint density at radius 1 is 0.892 bits per heavy atom. The zero-order valence-corrected chi connectivity index (χ0v) is 23.1. The van der Waals surface area contributed by atoms with Crippen LogP contribution in [0.5, 0.6) is 5.75 Å². The topological polar surface area (TPSA) is 24.5 Å². The van der Waals surface area contributed by atoms with Gasteiger partial charge < -0.3 is 15.0 Å². The van der Waals surface area contributed by atoms with Crippen molar-refractivity contribution in [2.75, 3.05) is 33.8 Å². The number of hydrogen-bond donors (Lipinski definition) is 1. The van der Waals surface area contributed by atoms with Crippen molar-refractivity contribution < 1.29 is 4.74 Å². The Morgan fingerprint density at radius 2 is 1.51 bits per heavy atom. The number of hydrogen-bond acceptors (Lipinski definition) is 3. The van der Waals surface area contributed by atoms with E-state index in [9.17, 15) is 0 Å². The van der Waals surface area contributed by atoms with Crippen molar-refractivity contribution in [3.8, 4) is 5.75 Å². The third-order valence-corrected chi connectivity index (χ3v) is 6.48. The first-order valence-electron chi connectivity index (χ1n) is 13.3. The first kappa shape index (κ1) is 28.0. The lowest BCUT2D eigenvalue weighted by Crippen LogP contribution is -2.21. The van der Waals surface area contributed by atoms with E-state index in [2.05, 4.69) is 118 Å². The van der Waals surface area contributed by atoms with Crippen LogP contribution in [0, 0.1) is 0 Å². The highest BCUT2D eigenvalue weighted by Gasteiger charge is 2.13. The SMILES string of the molecule is C=C(/C=C/CNCCOc1ccc(/C(=C(/CC)c2ccc(C(C)C)cc2)c2ccccc2)cc1)N(C)C. The van der Waals surface area contributed by atoms with Crippen LogP contribution in [0.15, 0.2) is 103 Å². The minimum absolute atomic E-state index is 0.527. The molecule has 0 spiro atoms. The Kier molecular flexibility index (Phi) is 10.8. The van der Waals surface area contributed by atoms with Crippen molar-refractivity contribution in [1.29, 1.82) is 0 Å². The lowest BCUT2D eigenvalue weighted by molar-refractivity contribution is 0.316. The average molecular weight is 495 g/mol. The van der Waals surface area contributed by atoms with Gasteiger partial charge in [-0.2, -0.15) is 0 Å². The summed E-state index contributed by atoms with van der Waals surface area (Å²) in [6, 6.07) is 28.3. The molecule has 0 amide bonds. The number of rotatable bonds is 13. The van der Waals surface area contributed by atoms with Crippen LogP contribution in [0.2, 0.25) is 0 Å². The quantitative estimate of drug-likeness (QED) is 0.149. The van der Waals surface area contributed by atoms with Crippen molar-refractivity contribution in [3.63, 3.8) is 0 Å². The zero-order chi connectivity index (χ0) is 26.6. The van der Waals surface area contributed by atoms with Crippen LogP contribution in [-0.2, 0) is 0 Å². The van der Waals surface area contributed by atoms with Crippen molar-refractivity contribution in [2.24, 2.45) is 0 Å². The molecule has 37 heavy (non-hydrogen) atoms. The molecule has 0 aliphatic rings. The molecule has 0 radical (unpaired) electrons. The second kappa shape index (κ2) is 14.2. The summed E-state index contributed by atoms with van der Waals surface area (Å²) >= 11 is 0. The Bertz CT molecular complexity index is 1170. The molecular weight excluding hydrogens is 452 g/mol. The summed E-state index contributed by atoms with van der Waals surface area (Å²) in [5, 5.41) is 3.37. The number of nitrogens with zero attached hydrogens (tertiary/aromatic N) is 1. The van der Waals surface area contributed by atoms with Crippen LogP contribution in [-0.4, -0.2) is 38.7 Å². The van der Waals surface area contributed by atoms with Crippen molar-refractivity contribution >= 4 is 11.1 Å². The predicted octanol–water partition coefficient (Wildman–Crippen LogP) is 7.78. The number of likely N-dealkylation sites (N-methyl/N-ethyl adjacent to an activating group) is 1. The summed E-state index contributed by atoms with van der Waals surface area (Å²) in [6.45, 7) is 12.9. The third-order valence-electron chi connectivity index (χ3n) is 6.48. The Labute approximate surface area is 224 Å². The number of nitrogens with one attached hydrogen (secondary N) is 1. The largest absolute Gasteiger partial charge is 0.492 e. The molecule has 0 bridgehead atoms. The van der Waals surface area contributed by atoms with Crippen LogP contribution in [0.25, 0.3) is 11.1 Å². The first-order chi connectivity index (χ1) is 17.9. The number of benzene rings is 3. The normalized spacial score (nSPS) is 12.1. The maximum absolute atomic E-state index is 5.99. The molecule has 0 saturated carbocycles. The molecule has 3 nitrogen and oxygen atoms in total. The summed E-state index contributed by atoms with van der Waals surface area (Å²) in [4.78, 5) is 1.99. The second-order valence-electron chi connectivity index (χ2n) is 9.71. The Morgan fingerprint density at radius 3 is 2.11 bits per heavy atom. The molecule has 0 atom stereocenters. The number of ether oxygens (including phenoxy) is 1. The fourth-order valence-corrected chi connectivity index (χ4v) is 4.20. The van der Waals surface area contributed by atoms with Gasteiger partial charge in [-0.05, 0) is 63.9 Å². The van der Waals surface area contributed by atoms with Gasteiger partial charge >= 0.3 is 0 Å². The van der Waals surface area contributed by atoms with Crippen molar-refractivity contribution in [1.82, 2.24) is 10.2 Å². The molecule has 3 aromatic carbocycles. The first-order valence-corrected chi connectivity index (χ1v) is 13.3. The average Bonchev–Trinajstić information content (AvgIpc) is 2.92. The van der Waals surface area contributed by atoms with E-state index in [4.69, 9.17) is 4.74 Å². The van der Waals surface area contributed by atoms with Gasteiger partial charge in [-0.15, -0.1) is 0 Å². The van der Waals surface area contributed by atoms with Gasteiger partial charge in [-0.3, -0.25) is 0 Å². The fourth-order valence-electron chi connectivity index (χ4n) is 4.20. The predicted molar refractivity (Wildman–Crippen MR) is 160 cm³/mol. The lowest BCUT2D eigenvalue weighted by Gasteiger charge is -2.17. The molecule has 0 aliphatic carbocycles. The molecule has 0 aliphatic heterocycles. The van der Waals surface area contributed by atoms with E-state index < -0.39 is 0 Å². The van der Waals surface area contributed by atoms with E-state index in [0.29, 0.717) is 12.5 Å². The van der Waals surface area contributed by atoms with Gasteiger partial charge in [0.05, 0.1) is 0 Å². The molecule has 3 heteroatoms. The molecule has 1 N–H and O–H groups in total. The molecule has 0 aromatic heterocycles. The number of allylic oxidation sites excluding steroid dienone is 2. The highest BCUT2D eigenvalue weighted by atomic mass is 16.5. The zero-order valence-electron chi connectivity index (χ0n) is 23.1. The van der Waals surface area contributed by atoms with E-state index in [1.165, 1.54) is 33.4 Å². The summed E-state index contributed by atoms with van der Waals surface area (Å²) in [5.41, 5.74) is 8.69. The van der Waals surface area contributed by atoms with Crippen LogP contribution in [0.4, 0.5) is 0 Å². The van der Waals surface area contributed by atoms with Crippen LogP contribution in [0.3, 0.4) is 0 Å². The van der Waals surface area contributed by atoms with Gasteiger partial charge in [0.2, 0.25) is 0 Å². The highest BCUT2D eigenvalue weighted by Crippen LogP contribution is 2.35. The van der Waals surface area contributed by atoms with Crippen molar-refractivity contribution in [2.45, 2.75) is 33.1 Å². The fraction of sp³-hybridized carbons (Fsp3) is 0.294. The van der Waals surface area contributed by atoms with Gasteiger partial charge in [-0.1, -0.05) is 100 Å². The van der Waals surface area contributed by atoms with Crippen LogP contribution < -0.4 is 10.1 Å². The highest BCUT2D eigenvalue weighted by molar-refractivity contribution is 5.98. The molecule has 194 valence electrons. The van der Waals surface area contributed by atoms with Gasteiger partial charge in [0, 0.05) is 32.9 Å². The lowest BCUT2D eigenvalue weighted by atomic mass is 9.87. The summed E-state index contributed by atoms with van der Waals surface area (Å²) in [5.74, 6) is 1.41. The summed E-state index contributed by atoms with van der Waals surface area (Å²) in [6.07, 6.45) is 5.05. The molecule has 3 aromatic rings. The van der Waals surface area contributed by atoms with E-state index in [-0.39, 0.29) is 0 Å². The van der Waals surface area contributed by atoms with Gasteiger partial charge in [0.1, 0.15) is 12.4 Å². The van der Waals surface area contributed by atoms with Crippen molar-refractivity contribution in [3.05, 3.63) is 126 Å². The second-order valence-corrected chi connectivity index (χ2v) is 9.71.